The van der Waals surface area contributed by atoms with Crippen LogP contribution in [0.1, 0.15) is 16.7 Å². The maximum absolute atomic E-state index is 14.8. The van der Waals surface area contributed by atoms with Crippen LogP contribution in [-0.4, -0.2) is 13.2 Å². The lowest BCUT2D eigenvalue weighted by molar-refractivity contribution is 0.0104. The highest BCUT2D eigenvalue weighted by Crippen LogP contribution is 2.43. The van der Waals surface area contributed by atoms with Gasteiger partial charge in [0.15, 0.2) is 5.60 Å². The Hall–Kier alpha value is -2.63. The van der Waals surface area contributed by atoms with Crippen LogP contribution in [-0.2, 0) is 10.3 Å². The van der Waals surface area contributed by atoms with E-state index >= 15 is 0 Å². The molecule has 0 saturated carbocycles. The Morgan fingerprint density at radius 3 is 1.31 bits per heavy atom. The summed E-state index contributed by atoms with van der Waals surface area (Å²) in [5.74, 6) is -1.89. The van der Waals surface area contributed by atoms with Crippen molar-refractivity contribution in [2.24, 2.45) is 5.73 Å². The van der Waals surface area contributed by atoms with Crippen LogP contribution in [0.2, 0.25) is 0 Å². The first-order valence-electron chi connectivity index (χ1n) is 8.20. The van der Waals surface area contributed by atoms with Crippen molar-refractivity contribution in [1.82, 2.24) is 0 Å². The van der Waals surface area contributed by atoms with Gasteiger partial charge in [0.05, 0.1) is 6.61 Å². The molecule has 0 aliphatic heterocycles. The Kier molecular flexibility index (Phi) is 5.40. The average Bonchev–Trinajstić information content (AvgIpc) is 2.65. The first-order chi connectivity index (χ1) is 12.6. The van der Waals surface area contributed by atoms with Crippen LogP contribution in [0.5, 0.6) is 0 Å². The molecule has 5 heteroatoms. The van der Waals surface area contributed by atoms with Crippen molar-refractivity contribution in [2.75, 3.05) is 13.2 Å². The quantitative estimate of drug-likeness (QED) is 0.665. The fourth-order valence-electron chi connectivity index (χ4n) is 3.12. The third-order valence-corrected chi connectivity index (χ3v) is 4.20. The first-order valence-corrected chi connectivity index (χ1v) is 8.20. The number of hydrogen-bond donors (Lipinski definition) is 1. The third-order valence-electron chi connectivity index (χ3n) is 4.20. The van der Waals surface area contributed by atoms with E-state index in [0.717, 1.165) is 0 Å². The number of nitrogens with two attached hydrogens (primary N) is 1. The molecule has 0 aromatic heterocycles. The molecular weight excluding hydrogens is 339 g/mol. The van der Waals surface area contributed by atoms with E-state index in [1.54, 1.807) is 18.2 Å². The second kappa shape index (κ2) is 7.72. The average molecular weight is 357 g/mol. The zero-order chi connectivity index (χ0) is 18.6. The number of halogens is 3. The van der Waals surface area contributed by atoms with Gasteiger partial charge >= 0.3 is 0 Å². The van der Waals surface area contributed by atoms with Crippen molar-refractivity contribution in [3.05, 3.63) is 107 Å². The van der Waals surface area contributed by atoms with E-state index in [-0.39, 0.29) is 29.8 Å². The summed E-state index contributed by atoms with van der Waals surface area (Å²) >= 11 is 0. The topological polar surface area (TPSA) is 35.2 Å². The van der Waals surface area contributed by atoms with E-state index in [2.05, 4.69) is 0 Å². The van der Waals surface area contributed by atoms with Gasteiger partial charge in [-0.25, -0.2) is 13.2 Å². The summed E-state index contributed by atoms with van der Waals surface area (Å²) in [6.45, 7) is 0.0934. The van der Waals surface area contributed by atoms with Crippen molar-refractivity contribution in [2.45, 2.75) is 5.60 Å². The summed E-state index contributed by atoms with van der Waals surface area (Å²) in [5, 5.41) is 0. The number of hydrogen-bond acceptors (Lipinski definition) is 2. The highest BCUT2D eigenvalue weighted by molar-refractivity contribution is 5.49. The zero-order valence-corrected chi connectivity index (χ0v) is 14.0. The monoisotopic (exact) mass is 357 g/mol. The predicted octanol–water partition coefficient (Wildman–Crippen LogP) is 4.37. The van der Waals surface area contributed by atoms with Gasteiger partial charge in [0.1, 0.15) is 17.5 Å². The van der Waals surface area contributed by atoms with Gasteiger partial charge in [0.25, 0.3) is 0 Å². The minimum Gasteiger partial charge on any atom is -0.359 e. The van der Waals surface area contributed by atoms with E-state index in [9.17, 15) is 13.2 Å². The van der Waals surface area contributed by atoms with Gasteiger partial charge in [-0.3, -0.25) is 0 Å². The number of benzene rings is 3. The molecule has 2 nitrogen and oxygen atoms in total. The molecule has 3 aromatic rings. The fraction of sp³-hybridized carbons (Fsp3) is 0.143. The van der Waals surface area contributed by atoms with Crippen LogP contribution in [0.15, 0.2) is 72.8 Å². The molecule has 0 fully saturated rings. The summed E-state index contributed by atoms with van der Waals surface area (Å²) in [4.78, 5) is 0. The standard InChI is InChI=1S/C21H18F3NO/c22-18-10-4-1-7-15(18)21(26-14-13-25,16-8-2-5-11-19(16)23)17-9-3-6-12-20(17)24/h1-12H,13-14,25H2. The third kappa shape index (κ3) is 3.11. The van der Waals surface area contributed by atoms with Gasteiger partial charge in [0, 0.05) is 23.2 Å². The summed E-state index contributed by atoms with van der Waals surface area (Å²) in [7, 11) is 0. The van der Waals surface area contributed by atoms with Crippen LogP contribution in [0.25, 0.3) is 0 Å². The molecule has 0 aliphatic carbocycles. The summed E-state index contributed by atoms with van der Waals surface area (Å²) in [5.41, 5.74) is 3.83. The SMILES string of the molecule is NCCOC(c1ccccc1F)(c1ccccc1F)c1ccccc1F. The molecule has 0 spiro atoms. The van der Waals surface area contributed by atoms with Crippen LogP contribution in [0, 0.1) is 17.5 Å². The van der Waals surface area contributed by atoms with E-state index in [4.69, 9.17) is 10.5 Å². The Balaban J connectivity index is 2.41. The lowest BCUT2D eigenvalue weighted by Crippen LogP contribution is -2.37. The summed E-state index contributed by atoms with van der Waals surface area (Å²) < 4.78 is 50.3. The largest absolute Gasteiger partial charge is 0.359 e. The maximum atomic E-state index is 14.8. The van der Waals surface area contributed by atoms with Gasteiger partial charge < -0.3 is 10.5 Å². The van der Waals surface area contributed by atoms with E-state index < -0.39 is 23.1 Å². The van der Waals surface area contributed by atoms with Crippen LogP contribution >= 0.6 is 0 Å². The van der Waals surface area contributed by atoms with Crippen LogP contribution < -0.4 is 5.73 Å². The van der Waals surface area contributed by atoms with Crippen molar-refractivity contribution >= 4 is 0 Å². The smallest absolute Gasteiger partial charge is 0.152 e. The Bertz CT molecular complexity index is 787. The van der Waals surface area contributed by atoms with Crippen LogP contribution in [0.3, 0.4) is 0 Å². The van der Waals surface area contributed by atoms with Gasteiger partial charge in [-0.2, -0.15) is 0 Å². The lowest BCUT2D eigenvalue weighted by atomic mass is 9.79. The molecule has 26 heavy (non-hydrogen) atoms. The van der Waals surface area contributed by atoms with Gasteiger partial charge in [0.2, 0.25) is 0 Å². The molecule has 0 heterocycles. The Morgan fingerprint density at radius 2 is 1.00 bits per heavy atom. The molecule has 2 N–H and O–H groups in total. The highest BCUT2D eigenvalue weighted by Gasteiger charge is 2.43. The molecule has 3 aromatic carbocycles. The minimum atomic E-state index is -1.80. The fourth-order valence-corrected chi connectivity index (χ4v) is 3.12. The van der Waals surface area contributed by atoms with Crippen molar-refractivity contribution in [3.8, 4) is 0 Å². The summed E-state index contributed by atoms with van der Waals surface area (Å²) in [6, 6.07) is 17.4. The first kappa shape index (κ1) is 18.2. The highest BCUT2D eigenvalue weighted by atomic mass is 19.1. The normalized spacial score (nSPS) is 11.5. The van der Waals surface area contributed by atoms with Gasteiger partial charge in [-0.05, 0) is 18.2 Å². The second-order valence-corrected chi connectivity index (χ2v) is 5.76. The predicted molar refractivity (Wildman–Crippen MR) is 94.1 cm³/mol. The van der Waals surface area contributed by atoms with E-state index in [0.29, 0.717) is 0 Å². The Morgan fingerprint density at radius 1 is 0.654 bits per heavy atom. The van der Waals surface area contributed by atoms with Gasteiger partial charge in [-0.1, -0.05) is 54.6 Å². The minimum absolute atomic E-state index is 0.0169. The molecule has 134 valence electrons. The van der Waals surface area contributed by atoms with E-state index in [1.165, 1.54) is 54.6 Å². The molecule has 0 bridgehead atoms. The molecule has 0 amide bonds. The molecular formula is C21H18F3NO. The Labute approximate surface area is 150 Å². The molecule has 0 unspecified atom stereocenters. The van der Waals surface area contributed by atoms with Gasteiger partial charge in [-0.15, -0.1) is 0 Å². The molecule has 0 saturated heterocycles. The number of rotatable bonds is 6. The maximum Gasteiger partial charge on any atom is 0.152 e. The molecule has 0 aliphatic rings. The van der Waals surface area contributed by atoms with Crippen molar-refractivity contribution < 1.29 is 17.9 Å². The molecule has 0 radical (unpaired) electrons. The molecule has 0 atom stereocenters. The van der Waals surface area contributed by atoms with Crippen LogP contribution in [0.4, 0.5) is 13.2 Å². The second-order valence-electron chi connectivity index (χ2n) is 5.76. The zero-order valence-electron chi connectivity index (χ0n) is 14.0. The molecule has 3 rings (SSSR count). The van der Waals surface area contributed by atoms with E-state index in [1.807, 2.05) is 0 Å². The summed E-state index contributed by atoms with van der Waals surface area (Å²) in [6.07, 6.45) is 0. The lowest BCUT2D eigenvalue weighted by Gasteiger charge is -2.36. The van der Waals surface area contributed by atoms with Crippen molar-refractivity contribution in [1.29, 1.82) is 0 Å². The van der Waals surface area contributed by atoms with Crippen molar-refractivity contribution in [3.63, 3.8) is 0 Å². The number of ether oxygens (including phenoxy) is 1.